The maximum atomic E-state index is 11.7. The number of hydrogen-bond donors (Lipinski definition) is 2. The first-order valence-corrected chi connectivity index (χ1v) is 6.14. The van der Waals surface area contributed by atoms with Gasteiger partial charge < -0.3 is 10.1 Å². The number of hydrogen-bond acceptors (Lipinski definition) is 3. The molecule has 4 heteroatoms. The molecule has 0 saturated heterocycles. The molecule has 0 spiro atoms. The molecule has 0 amide bonds. The van der Waals surface area contributed by atoms with Crippen LogP contribution in [-0.2, 0) is 12.8 Å². The molecule has 17 heavy (non-hydrogen) atoms. The molecule has 1 aromatic rings. The van der Waals surface area contributed by atoms with Crippen molar-refractivity contribution in [3.63, 3.8) is 0 Å². The molecule has 0 bridgehead atoms. The van der Waals surface area contributed by atoms with Gasteiger partial charge in [-0.15, -0.1) is 0 Å². The molecule has 0 aliphatic rings. The number of aromatic nitrogens is 2. The van der Waals surface area contributed by atoms with Crippen LogP contribution in [0.4, 0.5) is 0 Å². The summed E-state index contributed by atoms with van der Waals surface area (Å²) in [6, 6.07) is 0. The largest absolute Gasteiger partial charge is 0.493 e. The second kappa shape index (κ2) is 5.34. The van der Waals surface area contributed by atoms with Crippen LogP contribution in [0.3, 0.4) is 0 Å². The molecule has 96 valence electrons. The third kappa shape index (κ3) is 4.21. The first-order chi connectivity index (χ1) is 7.83. The van der Waals surface area contributed by atoms with E-state index in [1.165, 1.54) is 0 Å². The maximum Gasteiger partial charge on any atom is 0.257 e. The highest BCUT2D eigenvalue weighted by atomic mass is 16.3. The molecule has 0 atom stereocenters. The minimum Gasteiger partial charge on any atom is -0.493 e. The van der Waals surface area contributed by atoms with Gasteiger partial charge in [-0.3, -0.25) is 4.79 Å². The Balaban J connectivity index is 2.87. The van der Waals surface area contributed by atoms with Crippen LogP contribution in [0.15, 0.2) is 4.79 Å². The molecule has 0 aliphatic carbocycles. The fraction of sp³-hybridized carbons (Fsp3) is 0.692. The Morgan fingerprint density at radius 2 is 1.94 bits per heavy atom. The fourth-order valence-corrected chi connectivity index (χ4v) is 1.62. The smallest absolute Gasteiger partial charge is 0.257 e. The molecular weight excluding hydrogens is 216 g/mol. The first-order valence-electron chi connectivity index (χ1n) is 6.14. The van der Waals surface area contributed by atoms with Crippen molar-refractivity contribution in [3.05, 3.63) is 21.7 Å². The van der Waals surface area contributed by atoms with Crippen LogP contribution in [0.2, 0.25) is 0 Å². The van der Waals surface area contributed by atoms with Gasteiger partial charge in [-0.1, -0.05) is 34.1 Å². The molecule has 1 heterocycles. The highest BCUT2D eigenvalue weighted by molar-refractivity contribution is 5.22. The fourth-order valence-electron chi connectivity index (χ4n) is 1.62. The molecule has 0 saturated carbocycles. The zero-order valence-electron chi connectivity index (χ0n) is 11.1. The molecule has 0 aromatic carbocycles. The second-order valence-corrected chi connectivity index (χ2v) is 5.63. The van der Waals surface area contributed by atoms with E-state index in [2.05, 4.69) is 30.7 Å². The third-order valence-corrected chi connectivity index (χ3v) is 2.65. The molecule has 1 aromatic heterocycles. The van der Waals surface area contributed by atoms with Crippen LogP contribution in [0.1, 0.15) is 51.9 Å². The van der Waals surface area contributed by atoms with E-state index in [1.807, 2.05) is 6.92 Å². The zero-order chi connectivity index (χ0) is 13.1. The topological polar surface area (TPSA) is 66.0 Å². The number of rotatable bonds is 4. The number of nitrogens with one attached hydrogen (secondary N) is 1. The summed E-state index contributed by atoms with van der Waals surface area (Å²) in [7, 11) is 0. The van der Waals surface area contributed by atoms with Gasteiger partial charge in [0.2, 0.25) is 5.88 Å². The number of aromatic amines is 1. The predicted molar refractivity (Wildman–Crippen MR) is 68.3 cm³/mol. The number of aryl methyl sites for hydroxylation is 1. The van der Waals surface area contributed by atoms with Crippen LogP contribution in [-0.4, -0.2) is 15.1 Å². The predicted octanol–water partition coefficient (Wildman–Crippen LogP) is 2.41. The lowest BCUT2D eigenvalue weighted by Crippen LogP contribution is -2.18. The van der Waals surface area contributed by atoms with Crippen molar-refractivity contribution < 1.29 is 5.11 Å². The van der Waals surface area contributed by atoms with Gasteiger partial charge in [0, 0.05) is 6.42 Å². The summed E-state index contributed by atoms with van der Waals surface area (Å²) < 4.78 is 0. The van der Waals surface area contributed by atoms with Crippen molar-refractivity contribution in [2.45, 2.75) is 53.4 Å². The highest BCUT2D eigenvalue weighted by Gasteiger charge is 2.13. The number of aromatic hydroxyl groups is 1. The first kappa shape index (κ1) is 13.7. The van der Waals surface area contributed by atoms with Crippen LogP contribution in [0.5, 0.6) is 5.88 Å². The van der Waals surface area contributed by atoms with Gasteiger partial charge in [0.1, 0.15) is 5.82 Å². The minimum atomic E-state index is -0.205. The molecule has 0 aliphatic heterocycles. The Morgan fingerprint density at radius 3 is 2.41 bits per heavy atom. The molecule has 2 N–H and O–H groups in total. The van der Waals surface area contributed by atoms with Crippen molar-refractivity contribution in [2.75, 3.05) is 0 Å². The van der Waals surface area contributed by atoms with E-state index in [-0.39, 0.29) is 16.9 Å². The Hall–Kier alpha value is -1.32. The van der Waals surface area contributed by atoms with E-state index in [0.717, 1.165) is 12.8 Å². The van der Waals surface area contributed by atoms with Crippen molar-refractivity contribution in [1.29, 1.82) is 0 Å². The van der Waals surface area contributed by atoms with Gasteiger partial charge in [0.05, 0.1) is 5.56 Å². The van der Waals surface area contributed by atoms with E-state index in [9.17, 15) is 9.90 Å². The number of H-pyrrole nitrogens is 1. The average Bonchev–Trinajstić information content (AvgIpc) is 2.19. The van der Waals surface area contributed by atoms with E-state index in [0.29, 0.717) is 24.2 Å². The quantitative estimate of drug-likeness (QED) is 0.846. The monoisotopic (exact) mass is 238 g/mol. The molecule has 0 unspecified atom stereocenters. The van der Waals surface area contributed by atoms with Gasteiger partial charge in [-0.25, -0.2) is 4.98 Å². The summed E-state index contributed by atoms with van der Waals surface area (Å²) >= 11 is 0. The van der Waals surface area contributed by atoms with E-state index in [1.54, 1.807) is 0 Å². The van der Waals surface area contributed by atoms with Crippen molar-refractivity contribution >= 4 is 0 Å². The Labute approximate surface area is 102 Å². The van der Waals surface area contributed by atoms with Gasteiger partial charge in [0.25, 0.3) is 5.56 Å². The summed E-state index contributed by atoms with van der Waals surface area (Å²) in [6.45, 7) is 8.37. The Bertz CT molecular complexity index is 430. The van der Waals surface area contributed by atoms with Crippen molar-refractivity contribution in [3.8, 4) is 5.88 Å². The normalized spacial score (nSPS) is 11.8. The molecule has 1 rings (SSSR count). The maximum absolute atomic E-state index is 11.7. The summed E-state index contributed by atoms with van der Waals surface area (Å²) in [5.41, 5.74) is 0.381. The SMILES string of the molecule is CCCc1c(O)nc(CCC(C)(C)C)[nH]c1=O. The van der Waals surface area contributed by atoms with Crippen LogP contribution in [0.25, 0.3) is 0 Å². The summed E-state index contributed by atoms with van der Waals surface area (Å²) in [4.78, 5) is 18.5. The summed E-state index contributed by atoms with van der Waals surface area (Å²) in [6.07, 6.45) is 2.98. The zero-order valence-corrected chi connectivity index (χ0v) is 11.1. The average molecular weight is 238 g/mol. The van der Waals surface area contributed by atoms with Gasteiger partial charge in [-0.2, -0.15) is 0 Å². The van der Waals surface area contributed by atoms with Gasteiger partial charge in [0.15, 0.2) is 0 Å². The molecule has 0 radical (unpaired) electrons. The summed E-state index contributed by atoms with van der Waals surface area (Å²) in [5, 5.41) is 9.70. The number of nitrogens with zero attached hydrogens (tertiary/aromatic N) is 1. The minimum absolute atomic E-state index is 0.112. The third-order valence-electron chi connectivity index (χ3n) is 2.65. The second-order valence-electron chi connectivity index (χ2n) is 5.63. The van der Waals surface area contributed by atoms with Crippen LogP contribution < -0.4 is 5.56 Å². The highest BCUT2D eigenvalue weighted by Crippen LogP contribution is 2.20. The van der Waals surface area contributed by atoms with E-state index >= 15 is 0 Å². The van der Waals surface area contributed by atoms with Crippen LogP contribution >= 0.6 is 0 Å². The van der Waals surface area contributed by atoms with Crippen LogP contribution in [0, 0.1) is 5.41 Å². The van der Waals surface area contributed by atoms with Gasteiger partial charge in [-0.05, 0) is 18.3 Å². The van der Waals surface area contributed by atoms with E-state index in [4.69, 9.17) is 0 Å². The lowest BCUT2D eigenvalue weighted by molar-refractivity contribution is 0.371. The van der Waals surface area contributed by atoms with E-state index < -0.39 is 0 Å². The molecule has 0 fully saturated rings. The molecule has 4 nitrogen and oxygen atoms in total. The van der Waals surface area contributed by atoms with Crippen molar-refractivity contribution in [2.24, 2.45) is 5.41 Å². The van der Waals surface area contributed by atoms with Crippen molar-refractivity contribution in [1.82, 2.24) is 9.97 Å². The van der Waals surface area contributed by atoms with Gasteiger partial charge >= 0.3 is 0 Å². The Kier molecular flexibility index (Phi) is 4.32. The standard InChI is InChI=1S/C13H22N2O2/c1-5-6-9-11(16)14-10(15-12(9)17)7-8-13(2,3)4/h5-8H2,1-4H3,(H2,14,15,16,17). The molecular formula is C13H22N2O2. The lowest BCUT2D eigenvalue weighted by atomic mass is 9.90. The lowest BCUT2D eigenvalue weighted by Gasteiger charge is -2.17. The summed E-state index contributed by atoms with van der Waals surface area (Å²) in [5.74, 6) is 0.460. The Morgan fingerprint density at radius 1 is 1.29 bits per heavy atom.